The van der Waals surface area contributed by atoms with Crippen molar-refractivity contribution in [1.29, 1.82) is 0 Å². The van der Waals surface area contributed by atoms with Crippen LogP contribution in [-0.4, -0.2) is 49.8 Å². The minimum Gasteiger partial charge on any atom is -0.372 e. The van der Waals surface area contributed by atoms with Gasteiger partial charge >= 0.3 is 0 Å². The monoisotopic (exact) mass is 282 g/mol. The van der Waals surface area contributed by atoms with E-state index in [2.05, 4.69) is 31.0 Å². The van der Waals surface area contributed by atoms with Crippen LogP contribution in [0.25, 0.3) is 0 Å². The van der Waals surface area contributed by atoms with E-state index in [1.54, 1.807) is 0 Å². The Morgan fingerprint density at radius 2 is 1.80 bits per heavy atom. The lowest BCUT2D eigenvalue weighted by atomic mass is 9.94. The summed E-state index contributed by atoms with van der Waals surface area (Å²) in [5.74, 6) is 1.70. The molecule has 2 aliphatic rings. The highest BCUT2D eigenvalue weighted by molar-refractivity contribution is 4.80. The molecule has 2 unspecified atom stereocenters. The largest absolute Gasteiger partial charge is 0.372 e. The summed E-state index contributed by atoms with van der Waals surface area (Å²) < 4.78 is 6.19. The van der Waals surface area contributed by atoms with Gasteiger partial charge in [-0.1, -0.05) is 27.2 Å². The molecule has 2 saturated heterocycles. The molecular formula is C17H34N2O. The molecule has 0 aromatic rings. The molecule has 0 amide bonds. The summed E-state index contributed by atoms with van der Waals surface area (Å²) >= 11 is 0. The van der Waals surface area contributed by atoms with Gasteiger partial charge in [0.1, 0.15) is 0 Å². The van der Waals surface area contributed by atoms with Crippen LogP contribution in [0.3, 0.4) is 0 Å². The summed E-state index contributed by atoms with van der Waals surface area (Å²) in [6.45, 7) is 12.7. The highest BCUT2D eigenvalue weighted by Crippen LogP contribution is 2.24. The zero-order chi connectivity index (χ0) is 14.4. The van der Waals surface area contributed by atoms with Gasteiger partial charge in [-0.2, -0.15) is 0 Å². The number of piperidine rings is 1. The molecule has 0 bridgehead atoms. The van der Waals surface area contributed by atoms with E-state index in [4.69, 9.17) is 4.74 Å². The van der Waals surface area contributed by atoms with Crippen molar-refractivity contribution in [1.82, 2.24) is 10.2 Å². The second-order valence-corrected chi connectivity index (χ2v) is 7.16. The van der Waals surface area contributed by atoms with Gasteiger partial charge in [0.15, 0.2) is 0 Å². The van der Waals surface area contributed by atoms with Crippen molar-refractivity contribution in [2.24, 2.45) is 11.8 Å². The highest BCUT2D eigenvalue weighted by atomic mass is 16.5. The third-order valence-corrected chi connectivity index (χ3v) is 4.87. The number of nitrogens with one attached hydrogen (secondary N) is 1. The van der Waals surface area contributed by atoms with E-state index < -0.39 is 0 Å². The Bertz CT molecular complexity index is 262. The predicted molar refractivity (Wildman–Crippen MR) is 85.1 cm³/mol. The van der Waals surface area contributed by atoms with Crippen LogP contribution < -0.4 is 5.32 Å². The molecule has 2 atom stereocenters. The summed E-state index contributed by atoms with van der Waals surface area (Å²) in [6.07, 6.45) is 7.57. The number of hydrogen-bond acceptors (Lipinski definition) is 3. The van der Waals surface area contributed by atoms with E-state index in [0.29, 0.717) is 12.2 Å². The van der Waals surface area contributed by atoms with Crippen LogP contribution in [0.1, 0.15) is 52.9 Å². The highest BCUT2D eigenvalue weighted by Gasteiger charge is 2.28. The second kappa shape index (κ2) is 8.35. The maximum absolute atomic E-state index is 6.19. The summed E-state index contributed by atoms with van der Waals surface area (Å²) in [5.41, 5.74) is 0. The molecule has 2 aliphatic heterocycles. The van der Waals surface area contributed by atoms with E-state index in [0.717, 1.165) is 31.5 Å². The van der Waals surface area contributed by atoms with Crippen molar-refractivity contribution in [3.05, 3.63) is 0 Å². The van der Waals surface area contributed by atoms with Gasteiger partial charge in [-0.3, -0.25) is 0 Å². The lowest BCUT2D eigenvalue weighted by molar-refractivity contribution is 0.0164. The number of nitrogens with zero attached hydrogens (tertiary/aromatic N) is 1. The summed E-state index contributed by atoms with van der Waals surface area (Å²) in [7, 11) is 0. The van der Waals surface area contributed by atoms with E-state index in [-0.39, 0.29) is 0 Å². The SMILES string of the molecule is CCC1CCN(CC2CCC(CNCC(C)C)O2)CC1. The lowest BCUT2D eigenvalue weighted by Gasteiger charge is -2.33. The third kappa shape index (κ3) is 5.34. The fourth-order valence-corrected chi connectivity index (χ4v) is 3.46. The van der Waals surface area contributed by atoms with Crippen molar-refractivity contribution in [3.63, 3.8) is 0 Å². The smallest absolute Gasteiger partial charge is 0.0707 e. The second-order valence-electron chi connectivity index (χ2n) is 7.16. The van der Waals surface area contributed by atoms with Crippen molar-refractivity contribution in [3.8, 4) is 0 Å². The Labute approximate surface area is 125 Å². The first kappa shape index (κ1) is 16.3. The number of likely N-dealkylation sites (tertiary alicyclic amines) is 1. The van der Waals surface area contributed by atoms with Gasteiger partial charge < -0.3 is 15.0 Å². The van der Waals surface area contributed by atoms with Crippen LogP contribution in [-0.2, 0) is 4.74 Å². The molecule has 1 N–H and O–H groups in total. The molecular weight excluding hydrogens is 248 g/mol. The minimum absolute atomic E-state index is 0.451. The molecule has 0 spiro atoms. The maximum Gasteiger partial charge on any atom is 0.0707 e. The van der Waals surface area contributed by atoms with Gasteiger partial charge in [0.25, 0.3) is 0 Å². The normalized spacial score (nSPS) is 29.4. The van der Waals surface area contributed by atoms with Gasteiger partial charge in [0, 0.05) is 13.1 Å². The van der Waals surface area contributed by atoms with Gasteiger partial charge in [-0.25, -0.2) is 0 Å². The Morgan fingerprint density at radius 3 is 2.45 bits per heavy atom. The molecule has 118 valence electrons. The standard InChI is InChI=1S/C17H34N2O/c1-4-15-7-9-19(10-8-15)13-17-6-5-16(20-17)12-18-11-14(2)3/h14-18H,4-13H2,1-3H3. The number of ether oxygens (including phenoxy) is 1. The zero-order valence-corrected chi connectivity index (χ0v) is 13.7. The van der Waals surface area contributed by atoms with Crippen LogP contribution in [0, 0.1) is 11.8 Å². The average Bonchev–Trinajstić information content (AvgIpc) is 2.87. The van der Waals surface area contributed by atoms with Crippen LogP contribution in [0.4, 0.5) is 0 Å². The molecule has 2 fully saturated rings. The molecule has 0 aliphatic carbocycles. The molecule has 3 heteroatoms. The first-order chi connectivity index (χ1) is 9.67. The van der Waals surface area contributed by atoms with Crippen molar-refractivity contribution >= 4 is 0 Å². The van der Waals surface area contributed by atoms with Gasteiger partial charge in [-0.15, -0.1) is 0 Å². The Hall–Kier alpha value is -0.120. The van der Waals surface area contributed by atoms with E-state index in [1.165, 1.54) is 45.2 Å². The fourth-order valence-electron chi connectivity index (χ4n) is 3.46. The molecule has 0 aromatic carbocycles. The Balaban J connectivity index is 1.59. The quantitative estimate of drug-likeness (QED) is 0.777. The average molecular weight is 282 g/mol. The Kier molecular flexibility index (Phi) is 6.79. The van der Waals surface area contributed by atoms with Gasteiger partial charge in [0.05, 0.1) is 12.2 Å². The molecule has 0 radical (unpaired) electrons. The molecule has 20 heavy (non-hydrogen) atoms. The van der Waals surface area contributed by atoms with Gasteiger partial charge in [0.2, 0.25) is 0 Å². The van der Waals surface area contributed by atoms with E-state index in [9.17, 15) is 0 Å². The summed E-state index contributed by atoms with van der Waals surface area (Å²) in [5, 5.41) is 3.53. The van der Waals surface area contributed by atoms with Crippen LogP contribution in [0.2, 0.25) is 0 Å². The lowest BCUT2D eigenvalue weighted by Crippen LogP contribution is -2.39. The minimum atomic E-state index is 0.451. The first-order valence-corrected chi connectivity index (χ1v) is 8.75. The predicted octanol–water partition coefficient (Wildman–Crippen LogP) is 2.90. The molecule has 2 rings (SSSR count). The van der Waals surface area contributed by atoms with Crippen molar-refractivity contribution < 1.29 is 4.74 Å². The van der Waals surface area contributed by atoms with Crippen LogP contribution in [0.15, 0.2) is 0 Å². The number of hydrogen-bond donors (Lipinski definition) is 1. The van der Waals surface area contributed by atoms with Crippen molar-refractivity contribution in [2.45, 2.75) is 65.1 Å². The van der Waals surface area contributed by atoms with Crippen LogP contribution in [0.5, 0.6) is 0 Å². The van der Waals surface area contributed by atoms with E-state index in [1.807, 2.05) is 0 Å². The first-order valence-electron chi connectivity index (χ1n) is 8.75. The Morgan fingerprint density at radius 1 is 1.10 bits per heavy atom. The molecule has 3 nitrogen and oxygen atoms in total. The zero-order valence-electron chi connectivity index (χ0n) is 13.7. The van der Waals surface area contributed by atoms with E-state index >= 15 is 0 Å². The fraction of sp³-hybridized carbons (Fsp3) is 1.00. The van der Waals surface area contributed by atoms with Gasteiger partial charge in [-0.05, 0) is 57.2 Å². The summed E-state index contributed by atoms with van der Waals surface area (Å²) in [4.78, 5) is 2.63. The molecule has 0 saturated carbocycles. The van der Waals surface area contributed by atoms with Crippen LogP contribution >= 0.6 is 0 Å². The van der Waals surface area contributed by atoms with Crippen molar-refractivity contribution in [2.75, 3.05) is 32.7 Å². The third-order valence-electron chi connectivity index (χ3n) is 4.87. The molecule has 0 aromatic heterocycles. The molecule has 2 heterocycles. The number of rotatable bonds is 7. The maximum atomic E-state index is 6.19. The summed E-state index contributed by atoms with van der Waals surface area (Å²) in [6, 6.07) is 0. The topological polar surface area (TPSA) is 24.5 Å².